The van der Waals surface area contributed by atoms with Crippen molar-refractivity contribution in [3.63, 3.8) is 0 Å². The second-order valence-electron chi connectivity index (χ2n) is 13.3. The molecule has 5 amide bonds. The number of allylic oxidation sites excluding steroid dienone is 1. The molecule has 0 bridgehead atoms. The number of halogens is 1. The summed E-state index contributed by atoms with van der Waals surface area (Å²) in [4.78, 5) is 72.2. The minimum absolute atomic E-state index is 0.0868. The molecule has 3 aromatic rings. The van der Waals surface area contributed by atoms with Crippen LogP contribution in [0.3, 0.4) is 0 Å². The number of hydrogen-bond donors (Lipinski definition) is 4. The molecular formula is C36H36FN7O5. The van der Waals surface area contributed by atoms with Gasteiger partial charge >= 0.3 is 0 Å². The van der Waals surface area contributed by atoms with Crippen molar-refractivity contribution in [1.29, 1.82) is 0 Å². The monoisotopic (exact) mass is 665 g/mol. The van der Waals surface area contributed by atoms with Gasteiger partial charge in [-0.05, 0) is 81.1 Å². The van der Waals surface area contributed by atoms with Gasteiger partial charge in [0, 0.05) is 73.0 Å². The molecule has 2 aromatic carbocycles. The Labute approximate surface area is 281 Å². The van der Waals surface area contributed by atoms with Crippen LogP contribution in [0, 0.1) is 12.7 Å². The summed E-state index contributed by atoms with van der Waals surface area (Å²) in [6.07, 6.45) is 2.67. The molecule has 5 heterocycles. The summed E-state index contributed by atoms with van der Waals surface area (Å²) in [6.45, 7) is 6.98. The molecule has 8 rings (SSSR count). The topological polar surface area (TPSA) is 147 Å². The lowest BCUT2D eigenvalue weighted by Gasteiger charge is -2.36. The Kier molecular flexibility index (Phi) is 7.58. The number of nitrogens with one attached hydrogen (secondary N) is 4. The van der Waals surface area contributed by atoms with Gasteiger partial charge in [0.25, 0.3) is 17.7 Å². The summed E-state index contributed by atoms with van der Waals surface area (Å²) in [5.41, 5.74) is 8.39. The maximum atomic E-state index is 14.0. The molecule has 1 unspecified atom stereocenters. The van der Waals surface area contributed by atoms with Crippen LogP contribution in [0.2, 0.25) is 0 Å². The number of aromatic nitrogens is 1. The zero-order valence-electron chi connectivity index (χ0n) is 27.1. The second kappa shape index (κ2) is 12.0. The molecule has 1 atom stereocenters. The molecule has 252 valence electrons. The van der Waals surface area contributed by atoms with Crippen LogP contribution in [-0.4, -0.2) is 89.6 Å². The molecule has 4 aliphatic heterocycles. The fraction of sp³-hybridized carbons (Fsp3) is 0.361. The lowest BCUT2D eigenvalue weighted by atomic mass is 9.99. The highest BCUT2D eigenvalue weighted by atomic mass is 19.1. The molecule has 49 heavy (non-hydrogen) atoms. The number of fused-ring (bicyclic) bond motifs is 3. The number of anilines is 3. The van der Waals surface area contributed by atoms with Crippen LogP contribution < -0.4 is 20.9 Å². The first-order valence-electron chi connectivity index (χ1n) is 16.8. The summed E-state index contributed by atoms with van der Waals surface area (Å²) in [5.74, 6) is -2.57. The van der Waals surface area contributed by atoms with Gasteiger partial charge in [0.1, 0.15) is 11.9 Å². The number of amides is 5. The Balaban J connectivity index is 0.856. The van der Waals surface area contributed by atoms with Crippen molar-refractivity contribution in [2.24, 2.45) is 0 Å². The minimum atomic E-state index is -0.978. The maximum absolute atomic E-state index is 14.0. The van der Waals surface area contributed by atoms with Gasteiger partial charge in [-0.15, -0.1) is 0 Å². The molecular weight excluding hydrogens is 629 g/mol. The van der Waals surface area contributed by atoms with Gasteiger partial charge in [0.15, 0.2) is 0 Å². The van der Waals surface area contributed by atoms with E-state index in [1.807, 2.05) is 13.0 Å². The number of H-pyrrole nitrogens is 1. The van der Waals surface area contributed by atoms with Gasteiger partial charge in [-0.3, -0.25) is 39.1 Å². The number of benzene rings is 2. The van der Waals surface area contributed by atoms with Gasteiger partial charge in [-0.1, -0.05) is 0 Å². The molecule has 2 fully saturated rings. The van der Waals surface area contributed by atoms with Crippen molar-refractivity contribution in [1.82, 2.24) is 20.1 Å². The number of nitrogens with zero attached hydrogens (tertiary/aromatic N) is 3. The minimum Gasteiger partial charge on any atom is -0.383 e. The largest absolute Gasteiger partial charge is 0.383 e. The van der Waals surface area contributed by atoms with Crippen LogP contribution in [0.15, 0.2) is 36.4 Å². The number of carbonyl (C=O) groups excluding carboxylic acids is 5. The predicted octanol–water partition coefficient (Wildman–Crippen LogP) is 3.30. The lowest BCUT2D eigenvalue weighted by Crippen LogP contribution is -2.54. The Hall–Kier alpha value is -5.30. The molecule has 2 saturated heterocycles. The van der Waals surface area contributed by atoms with Crippen LogP contribution in [0.4, 0.5) is 21.5 Å². The predicted molar refractivity (Wildman–Crippen MR) is 181 cm³/mol. The zero-order chi connectivity index (χ0) is 34.0. The third-order valence-electron chi connectivity index (χ3n) is 10.4. The number of piperidine rings is 1. The van der Waals surface area contributed by atoms with E-state index in [0.717, 1.165) is 85.3 Å². The Morgan fingerprint density at radius 2 is 1.67 bits per heavy atom. The molecule has 4 N–H and O–H groups in total. The first kappa shape index (κ1) is 31.0. The van der Waals surface area contributed by atoms with E-state index in [9.17, 15) is 28.4 Å². The van der Waals surface area contributed by atoms with Gasteiger partial charge in [0.05, 0.1) is 22.4 Å². The van der Waals surface area contributed by atoms with Crippen LogP contribution in [0.1, 0.15) is 68.9 Å². The van der Waals surface area contributed by atoms with E-state index in [1.54, 1.807) is 18.2 Å². The number of imide groups is 2. The van der Waals surface area contributed by atoms with Gasteiger partial charge in [0.2, 0.25) is 11.8 Å². The average molecular weight is 666 g/mol. The van der Waals surface area contributed by atoms with E-state index in [4.69, 9.17) is 0 Å². The Morgan fingerprint density at radius 1 is 0.878 bits per heavy atom. The average Bonchev–Trinajstić information content (AvgIpc) is 3.79. The Morgan fingerprint density at radius 3 is 2.47 bits per heavy atom. The summed E-state index contributed by atoms with van der Waals surface area (Å²) >= 11 is 0. The zero-order valence-corrected chi connectivity index (χ0v) is 27.1. The van der Waals surface area contributed by atoms with Crippen molar-refractivity contribution in [2.75, 3.05) is 54.8 Å². The van der Waals surface area contributed by atoms with Crippen molar-refractivity contribution in [2.45, 2.75) is 45.1 Å². The molecule has 12 nitrogen and oxygen atoms in total. The number of aryl methyl sites for hydroxylation is 1. The third kappa shape index (κ3) is 5.28. The normalized spacial score (nSPS) is 22.0. The summed E-state index contributed by atoms with van der Waals surface area (Å²) in [5, 5.41) is 8.72. The Bertz CT molecular complexity index is 1990. The molecule has 5 aliphatic rings. The number of hydrogen-bond acceptors (Lipinski definition) is 8. The second-order valence-corrected chi connectivity index (χ2v) is 13.3. The summed E-state index contributed by atoms with van der Waals surface area (Å²) in [7, 11) is 0. The van der Waals surface area contributed by atoms with E-state index >= 15 is 0 Å². The fourth-order valence-corrected chi connectivity index (χ4v) is 7.89. The number of rotatable bonds is 7. The number of piperazine rings is 1. The van der Waals surface area contributed by atoms with Crippen LogP contribution in [-0.2, 0) is 20.8 Å². The van der Waals surface area contributed by atoms with Crippen LogP contribution in [0.5, 0.6) is 0 Å². The van der Waals surface area contributed by atoms with E-state index in [0.29, 0.717) is 28.8 Å². The van der Waals surface area contributed by atoms with Crippen LogP contribution >= 0.6 is 0 Å². The van der Waals surface area contributed by atoms with E-state index in [-0.39, 0.29) is 30.1 Å². The molecule has 1 aromatic heterocycles. The van der Waals surface area contributed by atoms with Gasteiger partial charge in [-0.2, -0.15) is 0 Å². The smallest absolute Gasteiger partial charge is 0.262 e. The highest BCUT2D eigenvalue weighted by Gasteiger charge is 2.45. The first-order chi connectivity index (χ1) is 23.7. The van der Waals surface area contributed by atoms with Crippen molar-refractivity contribution in [3.8, 4) is 0 Å². The number of carbonyl (C=O) groups is 5. The van der Waals surface area contributed by atoms with Crippen LogP contribution in [0.25, 0.3) is 11.1 Å². The molecule has 0 radical (unpaired) electrons. The highest BCUT2D eigenvalue weighted by Crippen LogP contribution is 2.45. The molecule has 0 saturated carbocycles. The summed E-state index contributed by atoms with van der Waals surface area (Å²) < 4.78 is 14.0. The highest BCUT2D eigenvalue weighted by molar-refractivity contribution is 6.37. The molecule has 0 spiro atoms. The molecule has 13 heteroatoms. The van der Waals surface area contributed by atoms with Crippen molar-refractivity contribution >= 4 is 57.7 Å². The SMILES string of the molecule is Cc1[nH]c2c(c1NCCCN1CCN(c3ccc4c(c3)C(=O)N(C3CCC(=O)NC3=O)C4=O)CC1)CC/C2=C1/C(=O)Nc2ccc(F)cc21. The van der Waals surface area contributed by atoms with Crippen molar-refractivity contribution < 1.29 is 28.4 Å². The fourth-order valence-electron chi connectivity index (χ4n) is 7.89. The van der Waals surface area contributed by atoms with E-state index in [1.165, 1.54) is 17.7 Å². The van der Waals surface area contributed by atoms with Gasteiger partial charge < -0.3 is 20.5 Å². The van der Waals surface area contributed by atoms with E-state index < -0.39 is 29.7 Å². The summed E-state index contributed by atoms with van der Waals surface area (Å²) in [6, 6.07) is 8.68. The third-order valence-corrected chi connectivity index (χ3v) is 10.4. The van der Waals surface area contributed by atoms with Crippen molar-refractivity contribution in [3.05, 3.63) is 75.9 Å². The standard InChI is InChI=1S/C36H36FN7O5/c1-19-31(24-7-6-23(32(24)39-19)30-26-17-20(37)3-8-27(26)40-34(30)47)38-11-2-12-42-13-15-43(16-14-42)21-4-5-22-25(18-21)36(49)44(35(22)48)28-9-10-29(45)41-33(28)46/h3-5,8,17-18,28,38-39H,2,6-7,9-16H2,1H3,(H,40,47)(H,41,45,46)/b30-23-. The molecule has 1 aliphatic carbocycles. The van der Waals surface area contributed by atoms with E-state index in [2.05, 4.69) is 30.7 Å². The maximum Gasteiger partial charge on any atom is 0.262 e. The number of aromatic amines is 1. The lowest BCUT2D eigenvalue weighted by molar-refractivity contribution is -0.136. The van der Waals surface area contributed by atoms with Gasteiger partial charge in [-0.25, -0.2) is 4.39 Å². The first-order valence-corrected chi connectivity index (χ1v) is 16.8. The quantitative estimate of drug-likeness (QED) is 0.171.